The van der Waals surface area contributed by atoms with Gasteiger partial charge in [0.25, 0.3) is 0 Å². The van der Waals surface area contributed by atoms with E-state index in [1.54, 1.807) is 0 Å². The molecule has 0 aromatic carbocycles. The van der Waals surface area contributed by atoms with Crippen LogP contribution in [0.25, 0.3) is 0 Å². The summed E-state index contributed by atoms with van der Waals surface area (Å²) < 4.78 is 0. The van der Waals surface area contributed by atoms with Crippen LogP contribution in [-0.4, -0.2) is 30.2 Å². The molecule has 0 aromatic heterocycles. The topological polar surface area (TPSA) is 75.3 Å². The normalized spacial score (nSPS) is 11.8. The minimum Gasteiger partial charge on any atom is -0.481 e. The van der Waals surface area contributed by atoms with E-state index in [-0.39, 0.29) is 0 Å². The molecule has 1 atom stereocenters. The van der Waals surface area contributed by atoms with Gasteiger partial charge in [-0.05, 0) is 19.4 Å². The fourth-order valence-electron chi connectivity index (χ4n) is 3.83. The summed E-state index contributed by atoms with van der Waals surface area (Å²) in [4.78, 5) is 10.4. The predicted octanol–water partition coefficient (Wildman–Crippen LogP) is 8.23. The first-order valence-electron chi connectivity index (χ1n) is 14.3. The van der Waals surface area contributed by atoms with Crippen LogP contribution in [0.2, 0.25) is 0 Å². The van der Waals surface area contributed by atoms with E-state index in [0.29, 0.717) is 12.5 Å². The Balaban J connectivity index is 0. The molecule has 32 heavy (non-hydrogen) atoms. The lowest BCUT2D eigenvalue weighted by Gasteiger charge is -2.06. The van der Waals surface area contributed by atoms with Gasteiger partial charge in [-0.3, -0.25) is 4.79 Å². The zero-order valence-corrected chi connectivity index (χ0v) is 22.3. The Bertz CT molecular complexity index is 350. The van der Waals surface area contributed by atoms with Crippen LogP contribution < -0.4 is 11.1 Å². The molecule has 4 N–H and O–H groups in total. The van der Waals surface area contributed by atoms with Gasteiger partial charge in [0.15, 0.2) is 0 Å². The molecule has 0 bridgehead atoms. The Morgan fingerprint density at radius 1 is 0.656 bits per heavy atom. The van der Waals surface area contributed by atoms with Crippen LogP contribution in [0.1, 0.15) is 156 Å². The number of carboxylic acids is 1. The zero-order valence-electron chi connectivity index (χ0n) is 22.3. The maximum Gasteiger partial charge on any atom is 0.303 e. The van der Waals surface area contributed by atoms with E-state index < -0.39 is 5.97 Å². The van der Waals surface area contributed by atoms with Crippen molar-refractivity contribution >= 4 is 5.97 Å². The Labute approximate surface area is 201 Å². The summed E-state index contributed by atoms with van der Waals surface area (Å²) in [5.41, 5.74) is 5.60. The largest absolute Gasteiger partial charge is 0.481 e. The van der Waals surface area contributed by atoms with Crippen molar-refractivity contribution in [1.82, 2.24) is 5.32 Å². The van der Waals surface area contributed by atoms with Crippen molar-refractivity contribution in [3.8, 4) is 0 Å². The SMILES string of the molecule is CCCCCCCCCCCCCCCCCCCCCC(=O)O.CCNCC(N)CC. The van der Waals surface area contributed by atoms with Gasteiger partial charge in [-0.2, -0.15) is 0 Å². The number of hydrogen-bond donors (Lipinski definition) is 3. The van der Waals surface area contributed by atoms with Gasteiger partial charge in [0, 0.05) is 19.0 Å². The molecule has 0 aromatic rings. The molecular weight excluding hydrogens is 396 g/mol. The second-order valence-corrected chi connectivity index (χ2v) is 9.48. The van der Waals surface area contributed by atoms with Crippen LogP contribution in [0, 0.1) is 0 Å². The quantitative estimate of drug-likeness (QED) is 0.128. The van der Waals surface area contributed by atoms with Gasteiger partial charge < -0.3 is 16.2 Å². The number of carboxylic acid groups (broad SMARTS) is 1. The van der Waals surface area contributed by atoms with E-state index in [4.69, 9.17) is 10.8 Å². The number of unbranched alkanes of at least 4 members (excludes halogenated alkanes) is 18. The van der Waals surface area contributed by atoms with Crippen LogP contribution in [0.4, 0.5) is 0 Å². The van der Waals surface area contributed by atoms with Crippen molar-refractivity contribution in [2.75, 3.05) is 13.1 Å². The lowest BCUT2D eigenvalue weighted by atomic mass is 10.0. The number of aliphatic carboxylic acids is 1. The number of likely N-dealkylation sites (N-methyl/N-ethyl adjacent to an activating group) is 1. The molecule has 0 saturated carbocycles. The molecule has 0 radical (unpaired) electrons. The second kappa shape index (κ2) is 30.4. The lowest BCUT2D eigenvalue weighted by Crippen LogP contribution is -2.32. The van der Waals surface area contributed by atoms with Gasteiger partial charge in [0.2, 0.25) is 0 Å². The number of nitrogens with two attached hydrogens (primary N) is 1. The molecule has 4 heteroatoms. The molecule has 0 aliphatic carbocycles. The smallest absolute Gasteiger partial charge is 0.303 e. The molecule has 0 aliphatic rings. The van der Waals surface area contributed by atoms with Crippen LogP contribution in [0.15, 0.2) is 0 Å². The van der Waals surface area contributed by atoms with E-state index in [1.165, 1.54) is 109 Å². The van der Waals surface area contributed by atoms with Crippen molar-refractivity contribution in [3.63, 3.8) is 0 Å². The molecule has 0 fully saturated rings. The van der Waals surface area contributed by atoms with Gasteiger partial charge in [-0.1, -0.05) is 136 Å². The summed E-state index contributed by atoms with van der Waals surface area (Å²) >= 11 is 0. The fourth-order valence-corrected chi connectivity index (χ4v) is 3.83. The van der Waals surface area contributed by atoms with Gasteiger partial charge in [-0.25, -0.2) is 0 Å². The minimum atomic E-state index is -0.651. The standard InChI is InChI=1S/C22H44O2.C6H16N2/c1-2-3-4-5-6-7-8-9-10-11-12-13-14-15-16-17-18-19-20-21-22(23)24;1-3-6(7)5-8-4-2/h2-21H2,1H3,(H,23,24);6,8H,3-5,7H2,1-2H3. The molecular formula is C28H60N2O2. The van der Waals surface area contributed by atoms with Crippen molar-refractivity contribution in [2.24, 2.45) is 5.73 Å². The van der Waals surface area contributed by atoms with Crippen molar-refractivity contribution in [3.05, 3.63) is 0 Å². The van der Waals surface area contributed by atoms with E-state index in [2.05, 4.69) is 26.1 Å². The molecule has 4 nitrogen and oxygen atoms in total. The second-order valence-electron chi connectivity index (χ2n) is 9.48. The van der Waals surface area contributed by atoms with Crippen molar-refractivity contribution < 1.29 is 9.90 Å². The molecule has 0 amide bonds. The monoisotopic (exact) mass is 456 g/mol. The highest BCUT2D eigenvalue weighted by atomic mass is 16.4. The third kappa shape index (κ3) is 34.0. The first kappa shape index (κ1) is 33.6. The highest BCUT2D eigenvalue weighted by Crippen LogP contribution is 2.14. The maximum absolute atomic E-state index is 10.4. The first-order valence-corrected chi connectivity index (χ1v) is 14.3. The maximum atomic E-state index is 10.4. The van der Waals surface area contributed by atoms with E-state index in [0.717, 1.165) is 32.4 Å². The number of hydrogen-bond acceptors (Lipinski definition) is 3. The third-order valence-electron chi connectivity index (χ3n) is 6.18. The first-order chi connectivity index (χ1) is 15.6. The molecule has 1 unspecified atom stereocenters. The molecule has 0 heterocycles. The summed E-state index contributed by atoms with van der Waals surface area (Å²) in [5, 5.41) is 11.7. The summed E-state index contributed by atoms with van der Waals surface area (Å²) in [7, 11) is 0. The number of carbonyl (C=O) groups is 1. The Morgan fingerprint density at radius 2 is 1.00 bits per heavy atom. The van der Waals surface area contributed by atoms with E-state index in [1.807, 2.05) is 0 Å². The van der Waals surface area contributed by atoms with Crippen LogP contribution >= 0.6 is 0 Å². The Kier molecular flexibility index (Phi) is 31.9. The summed E-state index contributed by atoms with van der Waals surface area (Å²) in [6, 6.07) is 0.343. The van der Waals surface area contributed by atoms with Gasteiger partial charge >= 0.3 is 5.97 Å². The fraction of sp³-hybridized carbons (Fsp3) is 0.964. The Morgan fingerprint density at radius 3 is 1.28 bits per heavy atom. The van der Waals surface area contributed by atoms with Gasteiger partial charge in [-0.15, -0.1) is 0 Å². The summed E-state index contributed by atoms with van der Waals surface area (Å²) in [5.74, 6) is -0.651. The van der Waals surface area contributed by atoms with Crippen LogP contribution in [0.5, 0.6) is 0 Å². The molecule has 194 valence electrons. The lowest BCUT2D eigenvalue weighted by molar-refractivity contribution is -0.137. The van der Waals surface area contributed by atoms with Crippen LogP contribution in [-0.2, 0) is 4.79 Å². The number of nitrogens with one attached hydrogen (secondary N) is 1. The minimum absolute atomic E-state index is 0.343. The average Bonchev–Trinajstić information content (AvgIpc) is 2.79. The van der Waals surface area contributed by atoms with Crippen molar-refractivity contribution in [2.45, 2.75) is 162 Å². The molecule has 0 spiro atoms. The van der Waals surface area contributed by atoms with E-state index >= 15 is 0 Å². The summed E-state index contributed by atoms with van der Waals surface area (Å²) in [6.45, 7) is 8.44. The average molecular weight is 457 g/mol. The highest BCUT2D eigenvalue weighted by molar-refractivity contribution is 5.66. The van der Waals surface area contributed by atoms with Crippen LogP contribution in [0.3, 0.4) is 0 Å². The predicted molar refractivity (Wildman–Crippen MR) is 142 cm³/mol. The number of rotatable bonds is 24. The highest BCUT2D eigenvalue weighted by Gasteiger charge is 1.97. The third-order valence-corrected chi connectivity index (χ3v) is 6.18. The van der Waals surface area contributed by atoms with Gasteiger partial charge in [0.1, 0.15) is 0 Å². The molecule has 0 rings (SSSR count). The molecule has 0 aliphatic heterocycles. The summed E-state index contributed by atoms with van der Waals surface area (Å²) in [6.07, 6.45) is 27.2. The zero-order chi connectivity index (χ0) is 24.1. The van der Waals surface area contributed by atoms with E-state index in [9.17, 15) is 4.79 Å². The molecule has 0 saturated heterocycles. The van der Waals surface area contributed by atoms with Crippen molar-refractivity contribution in [1.29, 1.82) is 0 Å². The van der Waals surface area contributed by atoms with Gasteiger partial charge in [0.05, 0.1) is 0 Å². The Hall–Kier alpha value is -0.610.